The van der Waals surface area contributed by atoms with E-state index in [1.807, 2.05) is 24.8 Å². The van der Waals surface area contributed by atoms with Crippen LogP contribution in [0.5, 0.6) is 0 Å². The molecule has 0 aliphatic carbocycles. The molecule has 18 heavy (non-hydrogen) atoms. The summed E-state index contributed by atoms with van der Waals surface area (Å²) < 4.78 is 0. The van der Waals surface area contributed by atoms with Crippen LogP contribution in [0.2, 0.25) is 0 Å². The molecule has 3 nitrogen and oxygen atoms in total. The first-order valence-corrected chi connectivity index (χ1v) is 6.86. The molecule has 1 amide bonds. The van der Waals surface area contributed by atoms with Crippen LogP contribution >= 0.6 is 11.6 Å². The first kappa shape index (κ1) is 13.3. The first-order chi connectivity index (χ1) is 8.58. The molecule has 1 aliphatic heterocycles. The van der Waals surface area contributed by atoms with E-state index in [0.717, 1.165) is 31.5 Å². The summed E-state index contributed by atoms with van der Waals surface area (Å²) in [6.07, 6.45) is 5.40. The van der Waals surface area contributed by atoms with Crippen molar-refractivity contribution < 1.29 is 4.79 Å². The standard InChI is InChI=1S/C14H19ClN2O/c1-10-7-13(9-16-8-10)14(18)17-5-3-12(4-6-17)11(2)15/h7-9,11-12H,3-6H2,1-2H3. The van der Waals surface area contributed by atoms with Gasteiger partial charge in [-0.3, -0.25) is 9.78 Å². The van der Waals surface area contributed by atoms with Gasteiger partial charge in [0, 0.05) is 30.9 Å². The highest BCUT2D eigenvalue weighted by molar-refractivity contribution is 6.20. The fourth-order valence-corrected chi connectivity index (χ4v) is 2.67. The van der Waals surface area contributed by atoms with Gasteiger partial charge in [0.1, 0.15) is 0 Å². The Bertz CT molecular complexity index is 426. The van der Waals surface area contributed by atoms with Gasteiger partial charge >= 0.3 is 0 Å². The second-order valence-corrected chi connectivity index (χ2v) is 5.75. The molecule has 0 spiro atoms. The Morgan fingerprint density at radius 2 is 2.11 bits per heavy atom. The van der Waals surface area contributed by atoms with Gasteiger partial charge in [-0.1, -0.05) is 0 Å². The van der Waals surface area contributed by atoms with Crippen molar-refractivity contribution in [3.8, 4) is 0 Å². The second-order valence-electron chi connectivity index (χ2n) is 5.06. The lowest BCUT2D eigenvalue weighted by Crippen LogP contribution is -2.40. The lowest BCUT2D eigenvalue weighted by Gasteiger charge is -2.33. The SMILES string of the molecule is Cc1cncc(C(=O)N2CCC(C(C)Cl)CC2)c1. The third kappa shape index (κ3) is 3.02. The molecule has 0 aromatic carbocycles. The number of alkyl halides is 1. The molecule has 2 rings (SSSR count). The molecule has 1 fully saturated rings. The van der Waals surface area contributed by atoms with Gasteiger partial charge in [0.15, 0.2) is 0 Å². The summed E-state index contributed by atoms with van der Waals surface area (Å²) in [6.45, 7) is 5.59. The van der Waals surface area contributed by atoms with Crippen molar-refractivity contribution in [2.75, 3.05) is 13.1 Å². The third-order valence-electron chi connectivity index (χ3n) is 3.60. The molecule has 1 aliphatic rings. The van der Waals surface area contributed by atoms with Crippen LogP contribution in [0.4, 0.5) is 0 Å². The highest BCUT2D eigenvalue weighted by atomic mass is 35.5. The maximum Gasteiger partial charge on any atom is 0.255 e. The molecule has 1 aromatic rings. The van der Waals surface area contributed by atoms with Crippen molar-refractivity contribution in [1.29, 1.82) is 0 Å². The first-order valence-electron chi connectivity index (χ1n) is 6.43. The normalized spacial score (nSPS) is 18.7. The van der Waals surface area contributed by atoms with E-state index in [0.29, 0.717) is 11.5 Å². The topological polar surface area (TPSA) is 33.2 Å². The summed E-state index contributed by atoms with van der Waals surface area (Å²) in [6, 6.07) is 1.89. The number of amides is 1. The minimum atomic E-state index is 0.0897. The predicted octanol–water partition coefficient (Wildman–Crippen LogP) is 2.87. The van der Waals surface area contributed by atoms with E-state index < -0.39 is 0 Å². The molecule has 0 bridgehead atoms. The summed E-state index contributed by atoms with van der Waals surface area (Å²) in [4.78, 5) is 18.3. The molecular formula is C14H19ClN2O. The average Bonchev–Trinajstić information content (AvgIpc) is 2.38. The van der Waals surface area contributed by atoms with Crippen LogP contribution in [0.3, 0.4) is 0 Å². The Kier molecular flexibility index (Phi) is 4.23. The number of rotatable bonds is 2. The quantitative estimate of drug-likeness (QED) is 0.771. The number of hydrogen-bond acceptors (Lipinski definition) is 2. The van der Waals surface area contributed by atoms with Gasteiger partial charge in [0.25, 0.3) is 5.91 Å². The third-order valence-corrected chi connectivity index (χ3v) is 3.95. The molecule has 0 N–H and O–H groups in total. The van der Waals surface area contributed by atoms with Gasteiger partial charge in [-0.05, 0) is 44.2 Å². The van der Waals surface area contributed by atoms with Gasteiger partial charge in [-0.2, -0.15) is 0 Å². The van der Waals surface area contributed by atoms with E-state index in [2.05, 4.69) is 4.98 Å². The Morgan fingerprint density at radius 3 is 2.67 bits per heavy atom. The van der Waals surface area contributed by atoms with Crippen molar-refractivity contribution in [2.24, 2.45) is 5.92 Å². The van der Waals surface area contributed by atoms with Crippen LogP contribution < -0.4 is 0 Å². The van der Waals surface area contributed by atoms with Gasteiger partial charge in [-0.25, -0.2) is 0 Å². The van der Waals surface area contributed by atoms with Crippen molar-refractivity contribution in [3.05, 3.63) is 29.6 Å². The number of piperidine rings is 1. The summed E-state index contributed by atoms with van der Waals surface area (Å²) in [5.74, 6) is 0.623. The van der Waals surface area contributed by atoms with Crippen LogP contribution in [0.15, 0.2) is 18.5 Å². The zero-order chi connectivity index (χ0) is 13.1. The lowest BCUT2D eigenvalue weighted by molar-refractivity contribution is 0.0689. The van der Waals surface area contributed by atoms with Gasteiger partial charge in [0.05, 0.1) is 5.56 Å². The number of aromatic nitrogens is 1. The van der Waals surface area contributed by atoms with Crippen LogP contribution in [0, 0.1) is 12.8 Å². The van der Waals surface area contributed by atoms with E-state index in [4.69, 9.17) is 11.6 Å². The van der Waals surface area contributed by atoms with Crippen LogP contribution in [0.1, 0.15) is 35.7 Å². The van der Waals surface area contributed by atoms with E-state index in [9.17, 15) is 4.79 Å². The van der Waals surface area contributed by atoms with Crippen LogP contribution in [-0.4, -0.2) is 34.3 Å². The monoisotopic (exact) mass is 266 g/mol. The minimum absolute atomic E-state index is 0.0897. The molecule has 1 atom stereocenters. The predicted molar refractivity (Wildman–Crippen MR) is 72.9 cm³/mol. The number of halogens is 1. The molecular weight excluding hydrogens is 248 g/mol. The summed E-state index contributed by atoms with van der Waals surface area (Å²) in [7, 11) is 0. The number of nitrogens with zero attached hydrogens (tertiary/aromatic N) is 2. The smallest absolute Gasteiger partial charge is 0.255 e. The average molecular weight is 267 g/mol. The van der Waals surface area contributed by atoms with Crippen molar-refractivity contribution in [1.82, 2.24) is 9.88 Å². The van der Waals surface area contributed by atoms with Crippen molar-refractivity contribution in [3.63, 3.8) is 0 Å². The van der Waals surface area contributed by atoms with Crippen LogP contribution in [0.25, 0.3) is 0 Å². The summed E-state index contributed by atoms with van der Waals surface area (Å²) in [5.41, 5.74) is 1.71. The van der Waals surface area contributed by atoms with Crippen LogP contribution in [-0.2, 0) is 0 Å². The number of carbonyl (C=O) groups excluding carboxylic acids is 1. The molecule has 2 heterocycles. The Morgan fingerprint density at radius 1 is 1.44 bits per heavy atom. The second kappa shape index (κ2) is 5.70. The molecule has 98 valence electrons. The highest BCUT2D eigenvalue weighted by Gasteiger charge is 2.26. The number of hydrogen-bond donors (Lipinski definition) is 0. The zero-order valence-corrected chi connectivity index (χ0v) is 11.7. The van der Waals surface area contributed by atoms with Gasteiger partial charge in [-0.15, -0.1) is 11.6 Å². The van der Waals surface area contributed by atoms with E-state index >= 15 is 0 Å². The minimum Gasteiger partial charge on any atom is -0.339 e. The van der Waals surface area contributed by atoms with E-state index in [-0.39, 0.29) is 11.3 Å². The van der Waals surface area contributed by atoms with E-state index in [1.165, 1.54) is 0 Å². The van der Waals surface area contributed by atoms with Gasteiger partial charge < -0.3 is 4.90 Å². The fraction of sp³-hybridized carbons (Fsp3) is 0.571. The fourth-order valence-electron chi connectivity index (χ4n) is 2.42. The number of carbonyl (C=O) groups is 1. The Labute approximate surface area is 113 Å². The molecule has 0 saturated carbocycles. The maximum absolute atomic E-state index is 12.3. The van der Waals surface area contributed by atoms with E-state index in [1.54, 1.807) is 12.4 Å². The Balaban J connectivity index is 1.99. The van der Waals surface area contributed by atoms with Gasteiger partial charge in [0.2, 0.25) is 0 Å². The molecule has 1 unspecified atom stereocenters. The number of pyridine rings is 1. The Hall–Kier alpha value is -1.09. The van der Waals surface area contributed by atoms with Crippen molar-refractivity contribution in [2.45, 2.75) is 32.1 Å². The molecule has 4 heteroatoms. The largest absolute Gasteiger partial charge is 0.339 e. The summed E-state index contributed by atoms with van der Waals surface area (Å²) in [5, 5.41) is 0.197. The van der Waals surface area contributed by atoms with Crippen molar-refractivity contribution >= 4 is 17.5 Å². The molecule has 1 aromatic heterocycles. The maximum atomic E-state index is 12.3. The summed E-state index contributed by atoms with van der Waals surface area (Å²) >= 11 is 6.11. The molecule has 1 saturated heterocycles. The zero-order valence-electron chi connectivity index (χ0n) is 10.9. The highest BCUT2D eigenvalue weighted by Crippen LogP contribution is 2.24. The molecule has 0 radical (unpaired) electrons. The lowest BCUT2D eigenvalue weighted by atomic mass is 9.93. The number of likely N-dealkylation sites (tertiary alicyclic amines) is 1. The number of aryl methyl sites for hydroxylation is 1.